The van der Waals surface area contributed by atoms with Gasteiger partial charge in [0.15, 0.2) is 17.8 Å². The third kappa shape index (κ3) is 4.27. The number of nitrogens with zero attached hydrogens (tertiary/aromatic N) is 3. The minimum absolute atomic E-state index is 0.190. The van der Waals surface area contributed by atoms with E-state index in [0.29, 0.717) is 24.0 Å². The standard InChI is InChI=1S/C19H26N4O2/c1-14-4-6-16(7-5-14)18-17(21-13-25-18)19(24)20-12-15(2)23-10-8-22(3)9-11-23/h4-7,13,15H,8-12H2,1-3H3,(H,20,24). The smallest absolute Gasteiger partial charge is 0.273 e. The first-order chi connectivity index (χ1) is 12.0. The van der Waals surface area contributed by atoms with Crippen molar-refractivity contribution in [2.24, 2.45) is 0 Å². The summed E-state index contributed by atoms with van der Waals surface area (Å²) in [6.45, 7) is 8.98. The number of aromatic nitrogens is 1. The molecule has 1 saturated heterocycles. The molecule has 1 aliphatic rings. The van der Waals surface area contributed by atoms with E-state index in [9.17, 15) is 4.79 Å². The van der Waals surface area contributed by atoms with Gasteiger partial charge in [0.2, 0.25) is 0 Å². The second-order valence-corrected chi connectivity index (χ2v) is 6.79. The minimum atomic E-state index is -0.190. The highest BCUT2D eigenvalue weighted by atomic mass is 16.3. The number of hydrogen-bond acceptors (Lipinski definition) is 5. The lowest BCUT2D eigenvalue weighted by molar-refractivity contribution is 0.0900. The van der Waals surface area contributed by atoms with Crippen molar-refractivity contribution in [2.45, 2.75) is 19.9 Å². The molecule has 0 bridgehead atoms. The summed E-state index contributed by atoms with van der Waals surface area (Å²) in [6, 6.07) is 8.18. The maximum atomic E-state index is 12.5. The van der Waals surface area contributed by atoms with E-state index in [2.05, 4.69) is 34.1 Å². The third-order valence-corrected chi connectivity index (χ3v) is 4.82. The average molecular weight is 342 g/mol. The van der Waals surface area contributed by atoms with Crippen molar-refractivity contribution in [3.63, 3.8) is 0 Å². The molecule has 25 heavy (non-hydrogen) atoms. The number of aryl methyl sites for hydroxylation is 1. The van der Waals surface area contributed by atoms with Gasteiger partial charge in [-0.2, -0.15) is 0 Å². The number of amides is 1. The summed E-state index contributed by atoms with van der Waals surface area (Å²) >= 11 is 0. The molecule has 2 heterocycles. The topological polar surface area (TPSA) is 61.6 Å². The van der Waals surface area contributed by atoms with Crippen LogP contribution in [0, 0.1) is 6.92 Å². The molecule has 1 unspecified atom stereocenters. The number of carbonyl (C=O) groups excluding carboxylic acids is 1. The number of carbonyl (C=O) groups is 1. The van der Waals surface area contributed by atoms with Crippen LogP contribution >= 0.6 is 0 Å². The molecule has 2 aromatic rings. The summed E-state index contributed by atoms with van der Waals surface area (Å²) < 4.78 is 5.46. The van der Waals surface area contributed by atoms with Crippen molar-refractivity contribution in [3.05, 3.63) is 41.9 Å². The van der Waals surface area contributed by atoms with Crippen LogP contribution in [-0.2, 0) is 0 Å². The molecule has 1 amide bonds. The molecule has 6 heteroatoms. The Morgan fingerprint density at radius 1 is 1.24 bits per heavy atom. The Balaban J connectivity index is 1.60. The van der Waals surface area contributed by atoms with E-state index < -0.39 is 0 Å². The molecule has 3 rings (SSSR count). The van der Waals surface area contributed by atoms with E-state index in [1.807, 2.05) is 31.2 Å². The van der Waals surface area contributed by atoms with Crippen LogP contribution in [0.2, 0.25) is 0 Å². The zero-order chi connectivity index (χ0) is 17.8. The summed E-state index contributed by atoms with van der Waals surface area (Å²) in [7, 11) is 2.14. The fraction of sp³-hybridized carbons (Fsp3) is 0.474. The molecule has 1 aromatic carbocycles. The molecular weight excluding hydrogens is 316 g/mol. The molecular formula is C19H26N4O2. The molecule has 0 saturated carbocycles. The minimum Gasteiger partial charge on any atom is -0.443 e. The summed E-state index contributed by atoms with van der Waals surface area (Å²) in [4.78, 5) is 21.4. The van der Waals surface area contributed by atoms with Gasteiger partial charge in [-0.3, -0.25) is 9.69 Å². The van der Waals surface area contributed by atoms with E-state index in [0.717, 1.165) is 37.3 Å². The summed E-state index contributed by atoms with van der Waals surface area (Å²) in [5.74, 6) is 0.329. The molecule has 1 fully saturated rings. The predicted molar refractivity (Wildman–Crippen MR) is 97.5 cm³/mol. The van der Waals surface area contributed by atoms with E-state index in [-0.39, 0.29) is 5.91 Å². The van der Waals surface area contributed by atoms with Gasteiger partial charge in [0.1, 0.15) is 0 Å². The van der Waals surface area contributed by atoms with Gasteiger partial charge in [0, 0.05) is 44.3 Å². The molecule has 0 spiro atoms. The quantitative estimate of drug-likeness (QED) is 0.901. The molecule has 0 aliphatic carbocycles. The van der Waals surface area contributed by atoms with Gasteiger partial charge in [0.25, 0.3) is 5.91 Å². The summed E-state index contributed by atoms with van der Waals surface area (Å²) in [5, 5.41) is 3.00. The van der Waals surface area contributed by atoms with Gasteiger partial charge < -0.3 is 14.6 Å². The highest BCUT2D eigenvalue weighted by Crippen LogP contribution is 2.23. The Bertz CT molecular complexity index is 702. The Morgan fingerprint density at radius 2 is 1.92 bits per heavy atom. The monoisotopic (exact) mass is 342 g/mol. The number of likely N-dealkylation sites (N-methyl/N-ethyl adjacent to an activating group) is 1. The van der Waals surface area contributed by atoms with Gasteiger partial charge in [-0.05, 0) is 20.9 Å². The van der Waals surface area contributed by atoms with Gasteiger partial charge in [-0.1, -0.05) is 29.8 Å². The van der Waals surface area contributed by atoms with Gasteiger partial charge in [0.05, 0.1) is 0 Å². The van der Waals surface area contributed by atoms with Crippen LogP contribution in [0.4, 0.5) is 0 Å². The van der Waals surface area contributed by atoms with Crippen LogP contribution < -0.4 is 5.32 Å². The van der Waals surface area contributed by atoms with E-state index in [1.165, 1.54) is 6.39 Å². The van der Waals surface area contributed by atoms with Crippen LogP contribution in [0.25, 0.3) is 11.3 Å². The number of benzene rings is 1. The van der Waals surface area contributed by atoms with Crippen molar-refractivity contribution in [2.75, 3.05) is 39.8 Å². The maximum absolute atomic E-state index is 12.5. The second-order valence-electron chi connectivity index (χ2n) is 6.79. The number of piperazine rings is 1. The largest absolute Gasteiger partial charge is 0.443 e. The fourth-order valence-corrected chi connectivity index (χ4v) is 3.03. The number of nitrogens with one attached hydrogen (secondary N) is 1. The molecule has 1 aliphatic heterocycles. The van der Waals surface area contributed by atoms with Gasteiger partial charge in [-0.25, -0.2) is 4.98 Å². The molecule has 1 N–H and O–H groups in total. The molecule has 1 aromatic heterocycles. The maximum Gasteiger partial charge on any atom is 0.273 e. The van der Waals surface area contributed by atoms with Crippen LogP contribution in [0.15, 0.2) is 35.1 Å². The first kappa shape index (κ1) is 17.6. The van der Waals surface area contributed by atoms with Crippen molar-refractivity contribution < 1.29 is 9.21 Å². The van der Waals surface area contributed by atoms with Crippen molar-refractivity contribution in [3.8, 4) is 11.3 Å². The summed E-state index contributed by atoms with van der Waals surface area (Å²) in [5.41, 5.74) is 2.37. The van der Waals surface area contributed by atoms with Crippen LogP contribution in [-0.4, -0.2) is 66.5 Å². The Labute approximate surface area is 148 Å². The normalized spacial score (nSPS) is 17.4. The average Bonchev–Trinajstić information content (AvgIpc) is 3.10. The van der Waals surface area contributed by atoms with Crippen molar-refractivity contribution in [1.29, 1.82) is 0 Å². The Kier molecular flexibility index (Phi) is 5.50. The first-order valence-corrected chi connectivity index (χ1v) is 8.76. The number of rotatable bonds is 5. The van der Waals surface area contributed by atoms with E-state index >= 15 is 0 Å². The van der Waals surface area contributed by atoms with Crippen LogP contribution in [0.3, 0.4) is 0 Å². The molecule has 0 radical (unpaired) electrons. The summed E-state index contributed by atoms with van der Waals surface area (Å²) in [6.07, 6.45) is 1.33. The second kappa shape index (κ2) is 7.80. The Morgan fingerprint density at radius 3 is 2.60 bits per heavy atom. The predicted octanol–water partition coefficient (Wildman–Crippen LogP) is 2.02. The lowest BCUT2D eigenvalue weighted by atomic mass is 10.1. The third-order valence-electron chi connectivity index (χ3n) is 4.82. The molecule has 1 atom stereocenters. The highest BCUT2D eigenvalue weighted by Gasteiger charge is 2.22. The zero-order valence-corrected chi connectivity index (χ0v) is 15.2. The molecule has 6 nitrogen and oxygen atoms in total. The van der Waals surface area contributed by atoms with E-state index in [1.54, 1.807) is 0 Å². The SMILES string of the molecule is Cc1ccc(-c2ocnc2C(=O)NCC(C)N2CCN(C)CC2)cc1. The van der Waals surface area contributed by atoms with Crippen LogP contribution in [0.1, 0.15) is 23.0 Å². The first-order valence-electron chi connectivity index (χ1n) is 8.76. The van der Waals surface area contributed by atoms with Crippen molar-refractivity contribution in [1.82, 2.24) is 20.1 Å². The highest BCUT2D eigenvalue weighted by molar-refractivity contribution is 5.97. The van der Waals surface area contributed by atoms with Crippen molar-refractivity contribution >= 4 is 5.91 Å². The van der Waals surface area contributed by atoms with Gasteiger partial charge in [-0.15, -0.1) is 0 Å². The fourth-order valence-electron chi connectivity index (χ4n) is 3.03. The lowest BCUT2D eigenvalue weighted by Crippen LogP contribution is -2.51. The number of hydrogen-bond donors (Lipinski definition) is 1. The van der Waals surface area contributed by atoms with Gasteiger partial charge >= 0.3 is 0 Å². The zero-order valence-electron chi connectivity index (χ0n) is 15.2. The Hall–Kier alpha value is -2.18. The van der Waals surface area contributed by atoms with E-state index in [4.69, 9.17) is 4.42 Å². The molecule has 134 valence electrons. The number of oxazole rings is 1. The lowest BCUT2D eigenvalue weighted by Gasteiger charge is -2.36. The van der Waals surface area contributed by atoms with Crippen LogP contribution in [0.5, 0.6) is 0 Å².